The molecule has 9 heteroatoms. The summed E-state index contributed by atoms with van der Waals surface area (Å²) < 4.78 is 7.31. The fourth-order valence-corrected chi connectivity index (χ4v) is 3.06. The Balaban J connectivity index is 0.00000169. The van der Waals surface area contributed by atoms with Crippen molar-refractivity contribution in [2.75, 3.05) is 11.9 Å². The van der Waals surface area contributed by atoms with E-state index in [-0.39, 0.29) is 36.8 Å². The number of halogens is 2. The summed E-state index contributed by atoms with van der Waals surface area (Å²) in [6.45, 7) is 6.50. The van der Waals surface area contributed by atoms with Crippen molar-refractivity contribution in [2.24, 2.45) is 11.1 Å². The molecule has 2 aromatic rings. The van der Waals surface area contributed by atoms with Crippen LogP contribution in [0.4, 0.5) is 5.69 Å². The summed E-state index contributed by atoms with van der Waals surface area (Å²) in [7, 11) is 0. The predicted octanol–water partition coefficient (Wildman–Crippen LogP) is 2.58. The van der Waals surface area contributed by atoms with Crippen LogP contribution in [0, 0.1) is 5.41 Å². The number of pyridine rings is 1. The van der Waals surface area contributed by atoms with E-state index in [1.807, 2.05) is 26.8 Å². The standard InChI is InChI=1S/C17H23N5O2.2ClH/c1-4-24-13-10-17(18,16(13,2)3)15(23)21-12-6-7-14(19-11-12)22-9-5-8-20-22;;/h5-9,11,13H,4,10,18H2,1-3H3,(H,21,23);2*1H. The largest absolute Gasteiger partial charge is 0.378 e. The minimum atomic E-state index is -0.951. The van der Waals surface area contributed by atoms with Gasteiger partial charge in [0.15, 0.2) is 5.82 Å². The fraction of sp³-hybridized carbons (Fsp3) is 0.471. The normalized spacial score (nSPS) is 23.2. The van der Waals surface area contributed by atoms with Crippen molar-refractivity contribution in [1.29, 1.82) is 0 Å². The Bertz CT molecular complexity index is 721. The number of nitrogens with two attached hydrogens (primary N) is 1. The Labute approximate surface area is 165 Å². The first-order valence-electron chi connectivity index (χ1n) is 8.06. The number of amides is 1. The van der Waals surface area contributed by atoms with Gasteiger partial charge >= 0.3 is 0 Å². The van der Waals surface area contributed by atoms with Crippen LogP contribution in [-0.2, 0) is 9.53 Å². The van der Waals surface area contributed by atoms with Crippen molar-refractivity contribution in [2.45, 2.75) is 38.8 Å². The molecule has 3 rings (SSSR count). The van der Waals surface area contributed by atoms with E-state index in [9.17, 15) is 4.79 Å². The summed E-state index contributed by atoms with van der Waals surface area (Å²) >= 11 is 0. The van der Waals surface area contributed by atoms with Gasteiger partial charge in [0, 0.05) is 30.8 Å². The number of carbonyl (C=O) groups is 1. The number of hydrogen-bond donors (Lipinski definition) is 2. The molecular formula is C17H25Cl2N5O2. The van der Waals surface area contributed by atoms with E-state index >= 15 is 0 Å². The monoisotopic (exact) mass is 401 g/mol. The third kappa shape index (κ3) is 3.71. The van der Waals surface area contributed by atoms with Crippen molar-refractivity contribution in [3.05, 3.63) is 36.8 Å². The number of nitrogens with zero attached hydrogens (tertiary/aromatic N) is 3. The van der Waals surface area contributed by atoms with Gasteiger partial charge in [0.25, 0.3) is 0 Å². The lowest BCUT2D eigenvalue weighted by Gasteiger charge is -2.57. The summed E-state index contributed by atoms with van der Waals surface area (Å²) in [6.07, 6.45) is 5.60. The van der Waals surface area contributed by atoms with Crippen LogP contribution >= 0.6 is 24.8 Å². The van der Waals surface area contributed by atoms with Gasteiger partial charge in [-0.1, -0.05) is 13.8 Å². The summed E-state index contributed by atoms with van der Waals surface area (Å²) in [4.78, 5) is 17.0. The van der Waals surface area contributed by atoms with E-state index in [2.05, 4.69) is 15.4 Å². The number of nitrogens with one attached hydrogen (secondary N) is 1. The quantitative estimate of drug-likeness (QED) is 0.802. The van der Waals surface area contributed by atoms with E-state index < -0.39 is 11.0 Å². The fourth-order valence-electron chi connectivity index (χ4n) is 3.06. The molecule has 2 aromatic heterocycles. The minimum absolute atomic E-state index is 0. The summed E-state index contributed by atoms with van der Waals surface area (Å²) in [6, 6.07) is 5.40. The topological polar surface area (TPSA) is 95.1 Å². The van der Waals surface area contributed by atoms with Crippen LogP contribution in [0.3, 0.4) is 0 Å². The average Bonchev–Trinajstić information content (AvgIpc) is 3.09. The Hall–Kier alpha value is -1.67. The molecular weight excluding hydrogens is 377 g/mol. The zero-order valence-corrected chi connectivity index (χ0v) is 16.6. The lowest BCUT2D eigenvalue weighted by atomic mass is 9.54. The molecule has 0 saturated heterocycles. The molecule has 7 nitrogen and oxygen atoms in total. The molecule has 0 aromatic carbocycles. The minimum Gasteiger partial charge on any atom is -0.378 e. The van der Waals surface area contributed by atoms with E-state index in [1.54, 1.807) is 35.4 Å². The molecule has 0 aliphatic heterocycles. The first kappa shape index (κ1) is 22.4. The Morgan fingerprint density at radius 1 is 1.42 bits per heavy atom. The average molecular weight is 402 g/mol. The van der Waals surface area contributed by atoms with Gasteiger partial charge in [-0.2, -0.15) is 5.10 Å². The molecule has 3 N–H and O–H groups in total. The second kappa shape index (κ2) is 8.35. The second-order valence-electron chi connectivity index (χ2n) is 6.65. The van der Waals surface area contributed by atoms with Gasteiger partial charge in [0.1, 0.15) is 5.54 Å². The third-order valence-corrected chi connectivity index (χ3v) is 4.98. The predicted molar refractivity (Wildman–Crippen MR) is 105 cm³/mol. The molecule has 1 saturated carbocycles. The molecule has 1 aliphatic carbocycles. The van der Waals surface area contributed by atoms with E-state index in [0.29, 0.717) is 24.5 Å². The van der Waals surface area contributed by atoms with Crippen LogP contribution in [0.5, 0.6) is 0 Å². The van der Waals surface area contributed by atoms with Crippen LogP contribution in [0.25, 0.3) is 5.82 Å². The van der Waals surface area contributed by atoms with Crippen LogP contribution in [0.2, 0.25) is 0 Å². The maximum absolute atomic E-state index is 12.7. The summed E-state index contributed by atoms with van der Waals surface area (Å²) in [5.74, 6) is 0.470. The van der Waals surface area contributed by atoms with Gasteiger partial charge in [-0.25, -0.2) is 9.67 Å². The van der Waals surface area contributed by atoms with Crippen molar-refractivity contribution < 1.29 is 9.53 Å². The van der Waals surface area contributed by atoms with Gasteiger partial charge in [0.05, 0.1) is 18.0 Å². The number of hydrogen-bond acceptors (Lipinski definition) is 5. The van der Waals surface area contributed by atoms with E-state index in [1.165, 1.54) is 0 Å². The van der Waals surface area contributed by atoms with Crippen LogP contribution in [0.1, 0.15) is 27.2 Å². The van der Waals surface area contributed by atoms with Crippen molar-refractivity contribution >= 4 is 36.4 Å². The van der Waals surface area contributed by atoms with Crippen molar-refractivity contribution in [3.63, 3.8) is 0 Å². The summed E-state index contributed by atoms with van der Waals surface area (Å²) in [5.41, 5.74) is 5.61. The number of carbonyl (C=O) groups excluding carboxylic acids is 1. The zero-order chi connectivity index (χ0) is 17.4. The van der Waals surface area contributed by atoms with Crippen LogP contribution in [-0.4, -0.2) is 38.9 Å². The maximum Gasteiger partial charge on any atom is 0.245 e. The highest BCUT2D eigenvalue weighted by atomic mass is 35.5. The molecule has 2 heterocycles. The molecule has 0 bridgehead atoms. The number of ether oxygens (including phenoxy) is 1. The van der Waals surface area contributed by atoms with Crippen LogP contribution in [0.15, 0.2) is 36.8 Å². The Morgan fingerprint density at radius 3 is 2.65 bits per heavy atom. The van der Waals surface area contributed by atoms with Crippen molar-refractivity contribution in [1.82, 2.24) is 14.8 Å². The number of anilines is 1. The third-order valence-electron chi connectivity index (χ3n) is 4.98. The molecule has 144 valence electrons. The molecule has 1 aliphatic rings. The molecule has 26 heavy (non-hydrogen) atoms. The molecule has 1 amide bonds. The highest BCUT2D eigenvalue weighted by molar-refractivity contribution is 5.99. The van der Waals surface area contributed by atoms with Crippen LogP contribution < -0.4 is 11.1 Å². The summed E-state index contributed by atoms with van der Waals surface area (Å²) in [5, 5.41) is 6.98. The SMILES string of the molecule is CCOC1CC(N)(C(=O)Nc2ccc(-n3cccn3)nc2)C1(C)C.Cl.Cl. The van der Waals surface area contributed by atoms with E-state index in [4.69, 9.17) is 10.5 Å². The van der Waals surface area contributed by atoms with Gasteiger partial charge in [-0.15, -0.1) is 24.8 Å². The van der Waals surface area contributed by atoms with Gasteiger partial charge in [-0.05, 0) is 25.1 Å². The Morgan fingerprint density at radius 2 is 2.15 bits per heavy atom. The second-order valence-corrected chi connectivity index (χ2v) is 6.65. The molecule has 0 radical (unpaired) electrons. The molecule has 0 spiro atoms. The highest BCUT2D eigenvalue weighted by Crippen LogP contribution is 2.50. The highest BCUT2D eigenvalue weighted by Gasteiger charge is 2.62. The molecule has 2 unspecified atom stereocenters. The smallest absolute Gasteiger partial charge is 0.245 e. The van der Waals surface area contributed by atoms with E-state index in [0.717, 1.165) is 0 Å². The molecule has 2 atom stereocenters. The Kier molecular flexibility index (Phi) is 7.18. The number of aromatic nitrogens is 3. The maximum atomic E-state index is 12.7. The lowest BCUT2D eigenvalue weighted by molar-refractivity contribution is -0.166. The number of rotatable bonds is 5. The first-order chi connectivity index (χ1) is 11.4. The van der Waals surface area contributed by atoms with Gasteiger partial charge in [0.2, 0.25) is 5.91 Å². The molecule has 1 fully saturated rings. The zero-order valence-electron chi connectivity index (χ0n) is 15.0. The van der Waals surface area contributed by atoms with Gasteiger partial charge in [-0.3, -0.25) is 4.79 Å². The first-order valence-corrected chi connectivity index (χ1v) is 8.06. The lowest BCUT2D eigenvalue weighted by Crippen LogP contribution is -2.74. The van der Waals surface area contributed by atoms with Crippen molar-refractivity contribution in [3.8, 4) is 5.82 Å². The van der Waals surface area contributed by atoms with Gasteiger partial charge < -0.3 is 15.8 Å².